The van der Waals surface area contributed by atoms with Gasteiger partial charge in [-0.1, -0.05) is 13.8 Å². The smallest absolute Gasteiger partial charge is 0.00792 e. The van der Waals surface area contributed by atoms with Crippen molar-refractivity contribution in [1.29, 1.82) is 0 Å². The maximum absolute atomic E-state index is 5.35. The average molecular weight is 187 g/mol. The molecule has 1 atom stereocenters. The van der Waals surface area contributed by atoms with Gasteiger partial charge in [-0.05, 0) is 19.3 Å². The lowest BCUT2D eigenvalue weighted by molar-refractivity contribution is 0.439. The van der Waals surface area contributed by atoms with E-state index in [1.807, 2.05) is 0 Å². The fourth-order valence-electron chi connectivity index (χ4n) is 1.42. The molecule has 0 aliphatic rings. The van der Waals surface area contributed by atoms with Crippen LogP contribution in [0.4, 0.5) is 0 Å². The molecule has 4 N–H and O–H groups in total. The molecule has 0 rings (SSSR count). The first-order valence-corrected chi connectivity index (χ1v) is 5.31. The van der Waals surface area contributed by atoms with Gasteiger partial charge >= 0.3 is 0 Å². The maximum atomic E-state index is 5.35. The fraction of sp³-hybridized carbons (Fsp3) is 1.00. The van der Waals surface area contributed by atoms with Crippen LogP contribution in [0.1, 0.15) is 27.2 Å². The molecular weight excluding hydrogens is 162 g/mol. The van der Waals surface area contributed by atoms with Gasteiger partial charge in [0.25, 0.3) is 0 Å². The lowest BCUT2D eigenvalue weighted by Crippen LogP contribution is -2.35. The maximum Gasteiger partial charge on any atom is 0.00792 e. The number of nitrogens with two attached hydrogens (primary N) is 1. The first-order valence-electron chi connectivity index (χ1n) is 5.31. The molecule has 0 bridgehead atoms. The van der Waals surface area contributed by atoms with E-state index in [4.69, 9.17) is 5.73 Å². The highest BCUT2D eigenvalue weighted by molar-refractivity contribution is 4.63. The molecule has 0 heterocycles. The predicted molar refractivity (Wildman–Crippen MR) is 58.8 cm³/mol. The minimum atomic E-state index is 0.625. The van der Waals surface area contributed by atoms with Crippen molar-refractivity contribution in [3.05, 3.63) is 0 Å². The summed E-state index contributed by atoms with van der Waals surface area (Å²) in [5, 5.41) is 6.73. The molecule has 3 heteroatoms. The Labute approximate surface area is 82.5 Å². The summed E-state index contributed by atoms with van der Waals surface area (Å²) in [5.74, 6) is 0.777. The minimum Gasteiger partial charge on any atom is -0.329 e. The Kier molecular flexibility index (Phi) is 8.40. The Bertz CT molecular complexity index is 104. The summed E-state index contributed by atoms with van der Waals surface area (Å²) >= 11 is 0. The molecular formula is C10H25N3. The summed E-state index contributed by atoms with van der Waals surface area (Å²) in [6, 6.07) is 0.625. The van der Waals surface area contributed by atoms with Crippen LogP contribution < -0.4 is 16.4 Å². The second kappa shape index (κ2) is 8.48. The molecule has 0 aliphatic heterocycles. The Morgan fingerprint density at radius 3 is 2.31 bits per heavy atom. The van der Waals surface area contributed by atoms with Gasteiger partial charge < -0.3 is 16.4 Å². The number of hydrogen-bond donors (Lipinski definition) is 3. The van der Waals surface area contributed by atoms with Gasteiger partial charge in [-0.15, -0.1) is 0 Å². The largest absolute Gasteiger partial charge is 0.329 e. The van der Waals surface area contributed by atoms with Crippen LogP contribution in [0.15, 0.2) is 0 Å². The van der Waals surface area contributed by atoms with Gasteiger partial charge in [0, 0.05) is 32.2 Å². The van der Waals surface area contributed by atoms with E-state index in [1.165, 1.54) is 6.42 Å². The zero-order valence-electron chi connectivity index (χ0n) is 9.27. The van der Waals surface area contributed by atoms with Crippen LogP contribution in [0.2, 0.25) is 0 Å². The molecule has 3 nitrogen and oxygen atoms in total. The van der Waals surface area contributed by atoms with E-state index >= 15 is 0 Å². The van der Waals surface area contributed by atoms with Crippen molar-refractivity contribution in [2.24, 2.45) is 11.7 Å². The van der Waals surface area contributed by atoms with Crippen LogP contribution >= 0.6 is 0 Å². The van der Waals surface area contributed by atoms with Gasteiger partial charge in [-0.3, -0.25) is 0 Å². The molecule has 0 saturated heterocycles. The van der Waals surface area contributed by atoms with E-state index in [0.29, 0.717) is 6.04 Å². The van der Waals surface area contributed by atoms with Crippen LogP contribution in [0.25, 0.3) is 0 Å². The summed E-state index contributed by atoms with van der Waals surface area (Å²) in [6.07, 6.45) is 1.25. The van der Waals surface area contributed by atoms with Crippen LogP contribution in [0.3, 0.4) is 0 Å². The fourth-order valence-corrected chi connectivity index (χ4v) is 1.42. The van der Waals surface area contributed by atoms with Crippen LogP contribution in [0.5, 0.6) is 0 Å². The Balaban J connectivity index is 3.12. The molecule has 0 radical (unpaired) electrons. The highest BCUT2D eigenvalue weighted by Crippen LogP contribution is 2.02. The number of nitrogens with one attached hydrogen (secondary N) is 2. The molecule has 0 aromatic rings. The van der Waals surface area contributed by atoms with Gasteiger partial charge in [-0.2, -0.15) is 0 Å². The molecule has 0 aromatic carbocycles. The van der Waals surface area contributed by atoms with Crippen molar-refractivity contribution >= 4 is 0 Å². The Morgan fingerprint density at radius 1 is 1.08 bits per heavy atom. The summed E-state index contributed by atoms with van der Waals surface area (Å²) in [5.41, 5.74) is 5.35. The quantitative estimate of drug-likeness (QED) is 0.487. The first kappa shape index (κ1) is 12.9. The van der Waals surface area contributed by atoms with E-state index < -0.39 is 0 Å². The second-order valence-corrected chi connectivity index (χ2v) is 4.02. The van der Waals surface area contributed by atoms with Gasteiger partial charge in [0.2, 0.25) is 0 Å². The van der Waals surface area contributed by atoms with E-state index in [2.05, 4.69) is 31.4 Å². The van der Waals surface area contributed by atoms with E-state index in [0.717, 1.165) is 32.1 Å². The third-order valence-corrected chi connectivity index (χ3v) is 1.94. The topological polar surface area (TPSA) is 50.1 Å². The highest BCUT2D eigenvalue weighted by atomic mass is 15.0. The SMILES string of the molecule is CC(C)CC(C)NCCNCCN. The van der Waals surface area contributed by atoms with E-state index in [-0.39, 0.29) is 0 Å². The van der Waals surface area contributed by atoms with Crippen LogP contribution in [0, 0.1) is 5.92 Å². The van der Waals surface area contributed by atoms with Crippen molar-refractivity contribution < 1.29 is 0 Å². The second-order valence-electron chi connectivity index (χ2n) is 4.02. The number of hydrogen-bond acceptors (Lipinski definition) is 3. The van der Waals surface area contributed by atoms with Gasteiger partial charge in [0.05, 0.1) is 0 Å². The average Bonchev–Trinajstić information content (AvgIpc) is 2.02. The van der Waals surface area contributed by atoms with Crippen molar-refractivity contribution in [3.8, 4) is 0 Å². The Hall–Kier alpha value is -0.120. The molecule has 0 aliphatic carbocycles. The molecule has 0 saturated carbocycles. The zero-order valence-corrected chi connectivity index (χ0v) is 9.27. The first-order chi connectivity index (χ1) is 6.16. The van der Waals surface area contributed by atoms with Crippen molar-refractivity contribution in [2.75, 3.05) is 26.2 Å². The summed E-state index contributed by atoms with van der Waals surface area (Å²) in [6.45, 7) is 10.4. The van der Waals surface area contributed by atoms with Crippen molar-refractivity contribution in [2.45, 2.75) is 33.2 Å². The summed E-state index contributed by atoms with van der Waals surface area (Å²) < 4.78 is 0. The van der Waals surface area contributed by atoms with Gasteiger partial charge in [0.15, 0.2) is 0 Å². The standard InChI is InChI=1S/C10H25N3/c1-9(2)8-10(3)13-7-6-12-5-4-11/h9-10,12-13H,4-8,11H2,1-3H3. The molecule has 13 heavy (non-hydrogen) atoms. The zero-order chi connectivity index (χ0) is 10.1. The predicted octanol–water partition coefficient (Wildman–Crippen LogP) is 0.559. The van der Waals surface area contributed by atoms with Gasteiger partial charge in [0.1, 0.15) is 0 Å². The van der Waals surface area contributed by atoms with E-state index in [9.17, 15) is 0 Å². The molecule has 0 spiro atoms. The monoisotopic (exact) mass is 187 g/mol. The molecule has 0 fully saturated rings. The minimum absolute atomic E-state index is 0.625. The lowest BCUT2D eigenvalue weighted by Gasteiger charge is -2.15. The third-order valence-electron chi connectivity index (χ3n) is 1.94. The molecule has 1 unspecified atom stereocenters. The highest BCUT2D eigenvalue weighted by Gasteiger charge is 2.02. The van der Waals surface area contributed by atoms with Crippen LogP contribution in [-0.4, -0.2) is 32.2 Å². The van der Waals surface area contributed by atoms with E-state index in [1.54, 1.807) is 0 Å². The summed E-state index contributed by atoms with van der Waals surface area (Å²) in [7, 11) is 0. The van der Waals surface area contributed by atoms with Crippen molar-refractivity contribution in [1.82, 2.24) is 10.6 Å². The lowest BCUT2D eigenvalue weighted by atomic mass is 10.1. The normalized spacial score (nSPS) is 13.6. The molecule has 0 aromatic heterocycles. The van der Waals surface area contributed by atoms with Crippen molar-refractivity contribution in [3.63, 3.8) is 0 Å². The van der Waals surface area contributed by atoms with Crippen LogP contribution in [-0.2, 0) is 0 Å². The number of rotatable bonds is 8. The molecule has 80 valence electrons. The van der Waals surface area contributed by atoms with Gasteiger partial charge in [-0.25, -0.2) is 0 Å². The Morgan fingerprint density at radius 2 is 1.77 bits per heavy atom. The summed E-state index contributed by atoms with van der Waals surface area (Å²) in [4.78, 5) is 0. The third kappa shape index (κ3) is 9.80. The molecule has 0 amide bonds.